The highest BCUT2D eigenvalue weighted by Gasteiger charge is 2.28. The van der Waals surface area contributed by atoms with E-state index in [4.69, 9.17) is 0 Å². The lowest BCUT2D eigenvalue weighted by Gasteiger charge is -2.38. The van der Waals surface area contributed by atoms with Crippen LogP contribution >= 0.6 is 0 Å². The number of hydrogen-bond donors (Lipinski definition) is 1. The summed E-state index contributed by atoms with van der Waals surface area (Å²) in [6, 6.07) is 0.523. The average molecular weight is 266 g/mol. The maximum atomic E-state index is 11.7. The third-order valence-electron chi connectivity index (χ3n) is 4.85. The zero-order chi connectivity index (χ0) is 13.7. The lowest BCUT2D eigenvalue weighted by molar-refractivity contribution is -0.131. The third kappa shape index (κ3) is 4.48. The van der Waals surface area contributed by atoms with Crippen LogP contribution in [-0.4, -0.2) is 36.5 Å². The number of amides is 1. The van der Waals surface area contributed by atoms with E-state index >= 15 is 0 Å². The summed E-state index contributed by atoms with van der Waals surface area (Å²) in [5.41, 5.74) is 0. The molecule has 0 spiro atoms. The van der Waals surface area contributed by atoms with Gasteiger partial charge in [-0.25, -0.2) is 0 Å². The minimum atomic E-state index is 0.244. The monoisotopic (exact) mass is 266 g/mol. The minimum Gasteiger partial charge on any atom is -0.341 e. The molecule has 2 rings (SSSR count). The van der Waals surface area contributed by atoms with Crippen LogP contribution in [0.4, 0.5) is 0 Å². The van der Waals surface area contributed by atoms with E-state index in [1.54, 1.807) is 6.92 Å². The SMILES string of the molecule is CCCC1CC(NCC2CCCC2)CN(C(C)=O)C1. The van der Waals surface area contributed by atoms with Crippen molar-refractivity contribution in [2.45, 2.75) is 64.8 Å². The zero-order valence-electron chi connectivity index (χ0n) is 12.7. The van der Waals surface area contributed by atoms with Crippen LogP contribution in [0.25, 0.3) is 0 Å². The number of piperidine rings is 1. The average Bonchev–Trinajstić information content (AvgIpc) is 2.89. The molecule has 1 aliphatic carbocycles. The number of rotatable bonds is 5. The summed E-state index contributed by atoms with van der Waals surface area (Å²) in [7, 11) is 0. The Hall–Kier alpha value is -0.570. The van der Waals surface area contributed by atoms with Crippen LogP contribution in [0.1, 0.15) is 58.8 Å². The van der Waals surface area contributed by atoms with Crippen molar-refractivity contribution in [3.8, 4) is 0 Å². The second kappa shape index (κ2) is 7.28. The van der Waals surface area contributed by atoms with Gasteiger partial charge in [-0.15, -0.1) is 0 Å². The summed E-state index contributed by atoms with van der Waals surface area (Å²) in [6.07, 6.45) is 9.36. The van der Waals surface area contributed by atoms with Gasteiger partial charge in [-0.3, -0.25) is 4.79 Å². The topological polar surface area (TPSA) is 32.3 Å². The van der Waals surface area contributed by atoms with Gasteiger partial charge in [0.15, 0.2) is 0 Å². The lowest BCUT2D eigenvalue weighted by Crippen LogP contribution is -2.51. The Morgan fingerprint density at radius 1 is 1.21 bits per heavy atom. The van der Waals surface area contributed by atoms with Crippen LogP contribution in [-0.2, 0) is 4.79 Å². The fraction of sp³-hybridized carbons (Fsp3) is 0.938. The molecular formula is C16H30N2O. The number of nitrogens with one attached hydrogen (secondary N) is 1. The summed E-state index contributed by atoms with van der Waals surface area (Å²) >= 11 is 0. The maximum absolute atomic E-state index is 11.7. The normalized spacial score (nSPS) is 28.8. The summed E-state index contributed by atoms with van der Waals surface area (Å²) in [6.45, 7) is 7.01. The van der Waals surface area contributed by atoms with Crippen molar-refractivity contribution in [1.29, 1.82) is 0 Å². The van der Waals surface area contributed by atoms with Gasteiger partial charge in [-0.05, 0) is 44.1 Å². The number of likely N-dealkylation sites (tertiary alicyclic amines) is 1. The van der Waals surface area contributed by atoms with Crippen LogP contribution in [0.2, 0.25) is 0 Å². The Balaban J connectivity index is 1.81. The Morgan fingerprint density at radius 3 is 2.58 bits per heavy atom. The molecule has 2 atom stereocenters. The minimum absolute atomic E-state index is 0.244. The second-order valence-electron chi connectivity index (χ2n) is 6.57. The third-order valence-corrected chi connectivity index (χ3v) is 4.85. The fourth-order valence-electron chi connectivity index (χ4n) is 3.77. The van der Waals surface area contributed by atoms with Crippen LogP contribution in [0.5, 0.6) is 0 Å². The van der Waals surface area contributed by atoms with Crippen molar-refractivity contribution < 1.29 is 4.79 Å². The highest BCUT2D eigenvalue weighted by Crippen LogP contribution is 2.25. The quantitative estimate of drug-likeness (QED) is 0.830. The molecule has 1 aliphatic heterocycles. The highest BCUT2D eigenvalue weighted by molar-refractivity contribution is 5.73. The highest BCUT2D eigenvalue weighted by atomic mass is 16.2. The Morgan fingerprint density at radius 2 is 1.95 bits per heavy atom. The molecule has 2 unspecified atom stereocenters. The van der Waals surface area contributed by atoms with E-state index in [2.05, 4.69) is 17.1 Å². The second-order valence-corrected chi connectivity index (χ2v) is 6.57. The van der Waals surface area contributed by atoms with Crippen molar-refractivity contribution in [1.82, 2.24) is 10.2 Å². The number of carbonyl (C=O) groups is 1. The molecule has 0 bridgehead atoms. The van der Waals surface area contributed by atoms with Crippen molar-refractivity contribution in [2.75, 3.05) is 19.6 Å². The van der Waals surface area contributed by atoms with Crippen molar-refractivity contribution in [2.24, 2.45) is 11.8 Å². The smallest absolute Gasteiger partial charge is 0.219 e. The van der Waals surface area contributed by atoms with Crippen molar-refractivity contribution in [3.63, 3.8) is 0 Å². The molecular weight excluding hydrogens is 236 g/mol. The molecule has 2 fully saturated rings. The first-order chi connectivity index (χ1) is 9.19. The molecule has 0 aromatic carbocycles. The van der Waals surface area contributed by atoms with E-state index in [1.807, 2.05) is 0 Å². The van der Waals surface area contributed by atoms with Gasteiger partial charge in [0.2, 0.25) is 5.91 Å². The Kier molecular flexibility index (Phi) is 5.68. The van der Waals surface area contributed by atoms with Gasteiger partial charge in [-0.1, -0.05) is 26.2 Å². The van der Waals surface area contributed by atoms with Crippen LogP contribution in [0.3, 0.4) is 0 Å². The van der Waals surface area contributed by atoms with Gasteiger partial charge in [0.1, 0.15) is 0 Å². The molecule has 2 aliphatic rings. The number of carbonyl (C=O) groups excluding carboxylic acids is 1. The van der Waals surface area contributed by atoms with E-state index in [9.17, 15) is 4.79 Å². The van der Waals surface area contributed by atoms with E-state index in [0.29, 0.717) is 12.0 Å². The van der Waals surface area contributed by atoms with Crippen molar-refractivity contribution in [3.05, 3.63) is 0 Å². The summed E-state index contributed by atoms with van der Waals surface area (Å²) in [4.78, 5) is 13.7. The number of hydrogen-bond acceptors (Lipinski definition) is 2. The molecule has 1 N–H and O–H groups in total. The Bertz CT molecular complexity index is 286. The molecule has 3 heteroatoms. The molecule has 1 amide bonds. The van der Waals surface area contributed by atoms with E-state index in [0.717, 1.165) is 25.6 Å². The van der Waals surface area contributed by atoms with Gasteiger partial charge >= 0.3 is 0 Å². The zero-order valence-corrected chi connectivity index (χ0v) is 12.7. The fourth-order valence-corrected chi connectivity index (χ4v) is 3.77. The predicted molar refractivity (Wildman–Crippen MR) is 79.0 cm³/mol. The molecule has 0 aromatic rings. The van der Waals surface area contributed by atoms with Gasteiger partial charge in [0.05, 0.1) is 0 Å². The van der Waals surface area contributed by atoms with Gasteiger partial charge < -0.3 is 10.2 Å². The van der Waals surface area contributed by atoms with Crippen LogP contribution < -0.4 is 5.32 Å². The van der Waals surface area contributed by atoms with Gasteiger partial charge in [-0.2, -0.15) is 0 Å². The van der Waals surface area contributed by atoms with E-state index in [1.165, 1.54) is 44.9 Å². The van der Waals surface area contributed by atoms with E-state index < -0.39 is 0 Å². The predicted octanol–water partition coefficient (Wildman–Crippen LogP) is 2.80. The summed E-state index contributed by atoms with van der Waals surface area (Å²) in [5.74, 6) is 1.83. The largest absolute Gasteiger partial charge is 0.341 e. The molecule has 19 heavy (non-hydrogen) atoms. The van der Waals surface area contributed by atoms with E-state index in [-0.39, 0.29) is 5.91 Å². The summed E-state index contributed by atoms with van der Waals surface area (Å²) in [5, 5.41) is 3.74. The van der Waals surface area contributed by atoms with Gasteiger partial charge in [0, 0.05) is 26.1 Å². The van der Waals surface area contributed by atoms with Gasteiger partial charge in [0.25, 0.3) is 0 Å². The molecule has 3 nitrogen and oxygen atoms in total. The molecule has 0 radical (unpaired) electrons. The molecule has 0 aromatic heterocycles. The standard InChI is InChI=1S/C16H30N2O/c1-3-6-15-9-16(12-18(11-15)13(2)19)17-10-14-7-4-5-8-14/h14-17H,3-12H2,1-2H3. The first-order valence-corrected chi connectivity index (χ1v) is 8.18. The lowest BCUT2D eigenvalue weighted by atomic mass is 9.90. The summed E-state index contributed by atoms with van der Waals surface area (Å²) < 4.78 is 0. The Labute approximate surface area is 118 Å². The first-order valence-electron chi connectivity index (χ1n) is 8.18. The maximum Gasteiger partial charge on any atom is 0.219 e. The molecule has 110 valence electrons. The van der Waals surface area contributed by atoms with Crippen LogP contribution in [0, 0.1) is 11.8 Å². The van der Waals surface area contributed by atoms with Crippen LogP contribution in [0.15, 0.2) is 0 Å². The molecule has 1 saturated heterocycles. The number of nitrogens with zero attached hydrogens (tertiary/aromatic N) is 1. The molecule has 1 saturated carbocycles. The first kappa shape index (κ1) is 14.8. The van der Waals surface area contributed by atoms with Crippen molar-refractivity contribution >= 4 is 5.91 Å². The molecule has 1 heterocycles.